The quantitative estimate of drug-likeness (QED) is 0.496. The number of alkyl halides is 1. The topological polar surface area (TPSA) is 111 Å². The Bertz CT molecular complexity index is 654. The van der Waals surface area contributed by atoms with Gasteiger partial charge in [0.05, 0.1) is 6.10 Å². The lowest BCUT2D eigenvalue weighted by Gasteiger charge is -2.26. The highest BCUT2D eigenvalue weighted by Crippen LogP contribution is 2.43. The molecule has 1 aromatic rings. The van der Waals surface area contributed by atoms with E-state index in [2.05, 4.69) is 10.9 Å². The first-order valence-corrected chi connectivity index (χ1v) is 6.64. The second kappa shape index (κ2) is 5.31. The van der Waals surface area contributed by atoms with Crippen molar-refractivity contribution in [3.05, 3.63) is 22.2 Å². The number of anilines is 1. The van der Waals surface area contributed by atoms with Crippen molar-refractivity contribution in [2.75, 3.05) is 5.73 Å². The maximum Gasteiger partial charge on any atom is 0.351 e. The third kappa shape index (κ3) is 2.40. The number of aryl methyl sites for hydroxylation is 1. The van der Waals surface area contributed by atoms with E-state index < -0.39 is 35.1 Å². The number of hydrogen-bond acceptors (Lipinski definition) is 6. The average molecular weight is 314 g/mol. The summed E-state index contributed by atoms with van der Waals surface area (Å²) in [6, 6.07) is 1.46. The van der Waals surface area contributed by atoms with Gasteiger partial charge in [0, 0.05) is 5.69 Å². The first-order valence-electron chi connectivity index (χ1n) is 6.26. The predicted octanol–water partition coefficient (Wildman–Crippen LogP) is -0.616. The van der Waals surface area contributed by atoms with Crippen molar-refractivity contribution in [1.29, 1.82) is 0 Å². The molecule has 1 unspecified atom stereocenters. The molecule has 1 saturated heterocycles. The van der Waals surface area contributed by atoms with Crippen LogP contribution in [0.4, 0.5) is 5.82 Å². The van der Waals surface area contributed by atoms with Crippen LogP contribution >= 0.6 is 11.6 Å². The molecule has 0 aromatic carbocycles. The van der Waals surface area contributed by atoms with Gasteiger partial charge >= 0.3 is 5.69 Å². The summed E-state index contributed by atoms with van der Waals surface area (Å²) in [7, 11) is 0. The zero-order chi connectivity index (χ0) is 15.9. The summed E-state index contributed by atoms with van der Waals surface area (Å²) < 4.78 is 6.66. The molecule has 2 heterocycles. The van der Waals surface area contributed by atoms with Crippen LogP contribution in [0.5, 0.6) is 0 Å². The molecule has 0 amide bonds. The Balaban J connectivity index is 2.59. The Hall–Kier alpha value is -1.59. The molecule has 0 radical (unpaired) electrons. The number of nitrogen functional groups attached to an aromatic ring is 1. The number of ether oxygens (including phenoxy) is 1. The number of nitrogens with zero attached hydrogens (tertiary/aromatic N) is 2. The second-order valence-corrected chi connectivity index (χ2v) is 5.65. The third-order valence-corrected chi connectivity index (χ3v) is 4.01. The van der Waals surface area contributed by atoms with Crippen molar-refractivity contribution in [2.45, 2.75) is 43.3 Å². The molecule has 1 fully saturated rings. The normalized spacial score (nSPS) is 33.6. The van der Waals surface area contributed by atoms with E-state index in [0.717, 1.165) is 4.57 Å². The van der Waals surface area contributed by atoms with Gasteiger partial charge < -0.3 is 20.7 Å². The van der Waals surface area contributed by atoms with Gasteiger partial charge in [-0.1, -0.05) is 17.5 Å². The van der Waals surface area contributed by atoms with Gasteiger partial charge in [-0.25, -0.2) is 4.79 Å². The van der Waals surface area contributed by atoms with E-state index in [4.69, 9.17) is 28.5 Å². The van der Waals surface area contributed by atoms with Gasteiger partial charge in [-0.05, 0) is 19.9 Å². The molecule has 7 nitrogen and oxygen atoms in total. The van der Waals surface area contributed by atoms with Gasteiger partial charge in [-0.15, -0.1) is 6.42 Å². The van der Waals surface area contributed by atoms with Crippen LogP contribution in [0.2, 0.25) is 0 Å². The number of hydrogen-bond donors (Lipinski definition) is 3. The number of rotatable bonds is 2. The molecule has 0 saturated carbocycles. The van der Waals surface area contributed by atoms with Gasteiger partial charge in [0.15, 0.2) is 11.1 Å². The Labute approximate surface area is 126 Å². The first kappa shape index (κ1) is 15.8. The van der Waals surface area contributed by atoms with Crippen molar-refractivity contribution in [2.24, 2.45) is 0 Å². The molecule has 114 valence electrons. The fraction of sp³-hybridized carbons (Fsp3) is 0.538. The lowest BCUT2D eigenvalue weighted by molar-refractivity contribution is -0.0777. The van der Waals surface area contributed by atoms with Crippen molar-refractivity contribution in [1.82, 2.24) is 9.55 Å². The van der Waals surface area contributed by atoms with Gasteiger partial charge in [-0.2, -0.15) is 4.98 Å². The summed E-state index contributed by atoms with van der Waals surface area (Å²) in [5.41, 5.74) is 5.23. The molecule has 2 rings (SSSR count). The largest absolute Gasteiger partial charge is 0.391 e. The van der Waals surface area contributed by atoms with Crippen LogP contribution in [0.1, 0.15) is 18.8 Å². The summed E-state index contributed by atoms with van der Waals surface area (Å²) in [5.74, 6) is 2.31. The molecule has 1 aliphatic heterocycles. The van der Waals surface area contributed by atoms with E-state index in [9.17, 15) is 15.0 Å². The molecule has 8 heteroatoms. The van der Waals surface area contributed by atoms with E-state index in [0.29, 0.717) is 5.69 Å². The van der Waals surface area contributed by atoms with Crippen LogP contribution in [-0.2, 0) is 4.74 Å². The zero-order valence-corrected chi connectivity index (χ0v) is 12.3. The smallest absolute Gasteiger partial charge is 0.351 e. The Morgan fingerprint density at radius 1 is 1.71 bits per heavy atom. The lowest BCUT2D eigenvalue weighted by atomic mass is 9.97. The van der Waals surface area contributed by atoms with Crippen LogP contribution in [0.25, 0.3) is 0 Å². The van der Waals surface area contributed by atoms with E-state index in [1.165, 1.54) is 13.0 Å². The summed E-state index contributed by atoms with van der Waals surface area (Å²) in [6.07, 6.45) is 0.858. The van der Waals surface area contributed by atoms with Crippen molar-refractivity contribution < 1.29 is 14.9 Å². The van der Waals surface area contributed by atoms with Gasteiger partial charge in [0.25, 0.3) is 0 Å². The summed E-state index contributed by atoms with van der Waals surface area (Å²) in [4.78, 5) is 14.0. The van der Waals surface area contributed by atoms with Crippen LogP contribution in [0.3, 0.4) is 0 Å². The number of nitrogens with two attached hydrogens (primary N) is 1. The number of aliphatic hydroxyl groups excluding tert-OH is 2. The molecule has 0 bridgehead atoms. The number of aromatic nitrogens is 2. The highest BCUT2D eigenvalue weighted by Gasteiger charge is 2.57. The summed E-state index contributed by atoms with van der Waals surface area (Å²) in [6.45, 7) is 3.04. The van der Waals surface area contributed by atoms with Crippen LogP contribution < -0.4 is 11.4 Å². The molecule has 21 heavy (non-hydrogen) atoms. The van der Waals surface area contributed by atoms with Crippen LogP contribution in [0.15, 0.2) is 10.9 Å². The predicted molar refractivity (Wildman–Crippen MR) is 76.7 cm³/mol. The standard InChI is InChI=1S/C13H16ClN3O4/c1-4-13(14)10(19)9(7(3)18)21-11(13)17-6(2)5-8(15)16-12(17)20/h1,5,7,9-11,18-19H,2-3H3,(H2,15,16,20)/t7-,9+,10-,11+,13?/m0/s1. The first-order chi connectivity index (χ1) is 9.72. The molecule has 4 N–H and O–H groups in total. The minimum absolute atomic E-state index is 0.0558. The average Bonchev–Trinajstić information content (AvgIpc) is 2.63. The summed E-state index contributed by atoms with van der Waals surface area (Å²) in [5, 5.41) is 19.9. The number of halogens is 1. The molecule has 1 aromatic heterocycles. The highest BCUT2D eigenvalue weighted by molar-refractivity contribution is 6.27. The maximum absolute atomic E-state index is 12.1. The molecule has 1 aliphatic rings. The van der Waals surface area contributed by atoms with E-state index in [-0.39, 0.29) is 5.82 Å². The molecule has 0 spiro atoms. The van der Waals surface area contributed by atoms with Crippen molar-refractivity contribution >= 4 is 17.4 Å². The minimum atomic E-state index is -1.70. The maximum atomic E-state index is 12.1. The minimum Gasteiger partial charge on any atom is -0.391 e. The van der Waals surface area contributed by atoms with E-state index in [1.807, 2.05) is 0 Å². The Morgan fingerprint density at radius 2 is 2.33 bits per heavy atom. The van der Waals surface area contributed by atoms with Crippen molar-refractivity contribution in [3.63, 3.8) is 0 Å². The molecule has 5 atom stereocenters. The van der Waals surface area contributed by atoms with Gasteiger partial charge in [-0.3, -0.25) is 4.57 Å². The summed E-state index contributed by atoms with van der Waals surface area (Å²) >= 11 is 6.29. The number of aliphatic hydroxyl groups is 2. The fourth-order valence-electron chi connectivity index (χ4n) is 2.41. The van der Waals surface area contributed by atoms with Gasteiger partial charge in [0.1, 0.15) is 18.0 Å². The monoisotopic (exact) mass is 313 g/mol. The molecular formula is C13H16ClN3O4. The molecule has 0 aliphatic carbocycles. The van der Waals surface area contributed by atoms with E-state index >= 15 is 0 Å². The zero-order valence-electron chi connectivity index (χ0n) is 11.5. The Kier molecular flexibility index (Phi) is 4.00. The van der Waals surface area contributed by atoms with Crippen LogP contribution in [-0.4, -0.2) is 43.0 Å². The second-order valence-electron chi connectivity index (χ2n) is 5.03. The van der Waals surface area contributed by atoms with Gasteiger partial charge in [0.2, 0.25) is 0 Å². The highest BCUT2D eigenvalue weighted by atomic mass is 35.5. The van der Waals surface area contributed by atoms with E-state index in [1.54, 1.807) is 6.92 Å². The molecular weight excluding hydrogens is 298 g/mol. The Morgan fingerprint density at radius 3 is 2.81 bits per heavy atom. The number of terminal acetylenes is 1. The van der Waals surface area contributed by atoms with Crippen LogP contribution in [0, 0.1) is 19.3 Å². The fourth-order valence-corrected chi connectivity index (χ4v) is 2.68. The van der Waals surface area contributed by atoms with Crippen molar-refractivity contribution in [3.8, 4) is 12.3 Å². The SMILES string of the molecule is C#CC1(Cl)[C@@H](O)[C@@H]([C@H](C)O)O[C@H]1n1c(C)cc(N)nc1=O. The lowest BCUT2D eigenvalue weighted by Crippen LogP contribution is -2.45. The third-order valence-electron chi connectivity index (χ3n) is 3.49.